The lowest BCUT2D eigenvalue weighted by Crippen LogP contribution is -1.87. The van der Waals surface area contributed by atoms with Crippen molar-refractivity contribution in [1.29, 1.82) is 0 Å². The lowest BCUT2D eigenvalue weighted by molar-refractivity contribution is 0.417. The number of ether oxygens (including phenoxy) is 1. The lowest BCUT2D eigenvalue weighted by atomic mass is 9.97. The Morgan fingerprint density at radius 3 is 2.15 bits per heavy atom. The first-order chi connectivity index (χ1) is 9.65. The molecule has 0 aromatic heterocycles. The predicted octanol–water partition coefficient (Wildman–Crippen LogP) is 6.02. The number of rotatable bonds is 1. The van der Waals surface area contributed by atoms with Gasteiger partial charge in [-0.1, -0.05) is 53.0 Å². The molecular formula is C16H9Cl3O. The van der Waals surface area contributed by atoms with Crippen molar-refractivity contribution in [2.45, 2.75) is 6.10 Å². The van der Waals surface area contributed by atoms with E-state index in [2.05, 4.69) is 12.1 Å². The van der Waals surface area contributed by atoms with Crippen LogP contribution < -0.4 is 0 Å². The zero-order valence-corrected chi connectivity index (χ0v) is 12.6. The van der Waals surface area contributed by atoms with Crippen molar-refractivity contribution in [2.75, 3.05) is 6.61 Å². The van der Waals surface area contributed by atoms with E-state index in [9.17, 15) is 0 Å². The fraction of sp³-hybridized carbons (Fsp3) is 0.125. The second-order valence-electron chi connectivity index (χ2n) is 4.93. The van der Waals surface area contributed by atoms with Gasteiger partial charge in [-0.25, -0.2) is 0 Å². The summed E-state index contributed by atoms with van der Waals surface area (Å²) >= 11 is 18.7. The van der Waals surface area contributed by atoms with Gasteiger partial charge < -0.3 is 4.74 Å². The quantitative estimate of drug-likeness (QED) is 0.394. The highest BCUT2D eigenvalue weighted by atomic mass is 35.5. The van der Waals surface area contributed by atoms with Crippen molar-refractivity contribution in [3.8, 4) is 0 Å². The molecule has 100 valence electrons. The van der Waals surface area contributed by atoms with Gasteiger partial charge >= 0.3 is 0 Å². The van der Waals surface area contributed by atoms with Crippen molar-refractivity contribution in [1.82, 2.24) is 0 Å². The summed E-state index contributed by atoms with van der Waals surface area (Å²) in [5, 5.41) is 5.91. The summed E-state index contributed by atoms with van der Waals surface area (Å²) in [7, 11) is 0. The second-order valence-corrected chi connectivity index (χ2v) is 6.16. The van der Waals surface area contributed by atoms with Crippen LogP contribution in [0.3, 0.4) is 0 Å². The highest BCUT2D eigenvalue weighted by molar-refractivity contribution is 6.44. The third-order valence-corrected chi connectivity index (χ3v) is 4.73. The number of epoxide rings is 1. The maximum absolute atomic E-state index is 6.41. The zero-order valence-electron chi connectivity index (χ0n) is 10.3. The van der Waals surface area contributed by atoms with Gasteiger partial charge in [0.15, 0.2) is 0 Å². The summed E-state index contributed by atoms with van der Waals surface area (Å²) in [6.07, 6.45) is 0.190. The van der Waals surface area contributed by atoms with E-state index in [4.69, 9.17) is 39.5 Å². The molecule has 0 N–H and O–H groups in total. The molecule has 0 radical (unpaired) electrons. The third kappa shape index (κ3) is 1.89. The molecule has 0 amide bonds. The molecule has 0 aliphatic carbocycles. The van der Waals surface area contributed by atoms with Crippen molar-refractivity contribution in [3.63, 3.8) is 0 Å². The standard InChI is InChI=1S/C16H9Cl3O/c17-13-4-10-8(2-1-3-9(10)16-7-20-16)11-5-14(18)15(19)6-12(11)13/h1-6,16H,7H2/t16-/m0/s1. The van der Waals surface area contributed by atoms with Crippen LogP contribution in [0.5, 0.6) is 0 Å². The Bertz CT molecular complexity index is 853. The summed E-state index contributed by atoms with van der Waals surface area (Å²) < 4.78 is 5.41. The van der Waals surface area contributed by atoms with Crippen LogP contribution in [0.1, 0.15) is 11.7 Å². The number of hydrogen-bond donors (Lipinski definition) is 0. The Morgan fingerprint density at radius 2 is 1.45 bits per heavy atom. The van der Waals surface area contributed by atoms with E-state index in [1.54, 1.807) is 0 Å². The minimum atomic E-state index is 0.190. The van der Waals surface area contributed by atoms with Crippen LogP contribution in [-0.4, -0.2) is 6.61 Å². The first-order valence-electron chi connectivity index (χ1n) is 6.26. The molecule has 0 spiro atoms. The zero-order chi connectivity index (χ0) is 13.9. The monoisotopic (exact) mass is 322 g/mol. The summed E-state index contributed by atoms with van der Waals surface area (Å²) in [6.45, 7) is 0.774. The number of benzene rings is 3. The van der Waals surface area contributed by atoms with E-state index >= 15 is 0 Å². The number of fused-ring (bicyclic) bond motifs is 3. The number of halogens is 3. The van der Waals surface area contributed by atoms with Gasteiger partial charge in [-0.3, -0.25) is 0 Å². The molecule has 1 atom stereocenters. The Morgan fingerprint density at radius 1 is 0.800 bits per heavy atom. The van der Waals surface area contributed by atoms with Gasteiger partial charge in [0.25, 0.3) is 0 Å². The summed E-state index contributed by atoms with van der Waals surface area (Å²) in [5.74, 6) is 0. The van der Waals surface area contributed by atoms with E-state index in [0.717, 1.165) is 28.2 Å². The average Bonchev–Trinajstić information content (AvgIpc) is 3.25. The van der Waals surface area contributed by atoms with Gasteiger partial charge in [-0.15, -0.1) is 0 Å². The van der Waals surface area contributed by atoms with Crippen molar-refractivity contribution < 1.29 is 4.74 Å². The molecule has 4 heteroatoms. The van der Waals surface area contributed by atoms with E-state index in [1.807, 2.05) is 24.3 Å². The second kappa shape index (κ2) is 4.51. The van der Waals surface area contributed by atoms with E-state index in [0.29, 0.717) is 15.1 Å². The molecule has 1 heterocycles. The van der Waals surface area contributed by atoms with E-state index in [-0.39, 0.29) is 6.10 Å². The Hall–Kier alpha value is -0.990. The van der Waals surface area contributed by atoms with Crippen LogP contribution in [-0.2, 0) is 4.74 Å². The predicted molar refractivity (Wildman–Crippen MR) is 85.2 cm³/mol. The lowest BCUT2D eigenvalue weighted by Gasteiger charge is -2.10. The minimum Gasteiger partial charge on any atom is -0.368 e. The fourth-order valence-corrected chi connectivity index (χ4v) is 3.25. The third-order valence-electron chi connectivity index (χ3n) is 3.70. The normalized spacial score (nSPS) is 17.9. The Labute approximate surface area is 131 Å². The van der Waals surface area contributed by atoms with Crippen LogP contribution in [0.4, 0.5) is 0 Å². The Balaban J connectivity index is 2.18. The van der Waals surface area contributed by atoms with Crippen LogP contribution >= 0.6 is 34.8 Å². The molecule has 0 bridgehead atoms. The summed E-state index contributed by atoms with van der Waals surface area (Å²) in [4.78, 5) is 0. The highest BCUT2D eigenvalue weighted by Gasteiger charge is 2.27. The molecule has 1 aliphatic rings. The molecule has 1 saturated heterocycles. The van der Waals surface area contributed by atoms with Crippen molar-refractivity contribution in [2.24, 2.45) is 0 Å². The topological polar surface area (TPSA) is 12.5 Å². The van der Waals surface area contributed by atoms with Crippen LogP contribution in [0.15, 0.2) is 36.4 Å². The van der Waals surface area contributed by atoms with Gasteiger partial charge in [0.05, 0.1) is 16.7 Å². The van der Waals surface area contributed by atoms with Crippen molar-refractivity contribution >= 4 is 56.3 Å². The molecule has 1 aliphatic heterocycles. The van der Waals surface area contributed by atoms with E-state index < -0.39 is 0 Å². The molecular weight excluding hydrogens is 315 g/mol. The van der Waals surface area contributed by atoms with Gasteiger partial charge in [-0.2, -0.15) is 0 Å². The molecule has 20 heavy (non-hydrogen) atoms. The van der Waals surface area contributed by atoms with Gasteiger partial charge in [0.1, 0.15) is 6.10 Å². The highest BCUT2D eigenvalue weighted by Crippen LogP contribution is 2.41. The molecule has 0 unspecified atom stereocenters. The SMILES string of the molecule is Clc1cc2c(Cl)cc3c([C@@H]4CO4)cccc3c2cc1Cl. The van der Waals surface area contributed by atoms with Crippen LogP contribution in [0.2, 0.25) is 15.1 Å². The Kier molecular flexibility index (Phi) is 2.87. The van der Waals surface area contributed by atoms with Gasteiger partial charge in [0, 0.05) is 10.4 Å². The van der Waals surface area contributed by atoms with Crippen LogP contribution in [0.25, 0.3) is 21.5 Å². The summed E-state index contributed by atoms with van der Waals surface area (Å²) in [5.41, 5.74) is 1.18. The number of hydrogen-bond acceptors (Lipinski definition) is 1. The van der Waals surface area contributed by atoms with Crippen LogP contribution in [0, 0.1) is 0 Å². The first kappa shape index (κ1) is 12.7. The first-order valence-corrected chi connectivity index (χ1v) is 7.40. The molecule has 3 aromatic rings. The minimum absolute atomic E-state index is 0.190. The van der Waals surface area contributed by atoms with E-state index in [1.165, 1.54) is 5.56 Å². The molecule has 0 saturated carbocycles. The maximum atomic E-state index is 6.41. The maximum Gasteiger partial charge on any atom is 0.107 e. The molecule has 1 fully saturated rings. The van der Waals surface area contributed by atoms with Crippen molar-refractivity contribution in [3.05, 3.63) is 57.0 Å². The average molecular weight is 324 g/mol. The summed E-state index contributed by atoms with van der Waals surface area (Å²) in [6, 6.07) is 11.9. The molecule has 3 aromatic carbocycles. The molecule has 4 rings (SSSR count). The largest absolute Gasteiger partial charge is 0.368 e. The fourth-order valence-electron chi connectivity index (χ4n) is 2.66. The molecule has 1 nitrogen and oxygen atoms in total. The van der Waals surface area contributed by atoms with Gasteiger partial charge in [-0.05, 0) is 39.9 Å². The smallest absolute Gasteiger partial charge is 0.107 e. The van der Waals surface area contributed by atoms with Gasteiger partial charge in [0.2, 0.25) is 0 Å².